The van der Waals surface area contributed by atoms with Gasteiger partial charge in [0.05, 0.1) is 7.05 Å². The van der Waals surface area contributed by atoms with Crippen LogP contribution < -0.4 is 4.90 Å². The van der Waals surface area contributed by atoms with Crippen LogP contribution >= 0.6 is 23.2 Å². The Kier molecular flexibility index (Phi) is 5.19. The van der Waals surface area contributed by atoms with Gasteiger partial charge in [-0.2, -0.15) is 0 Å². The summed E-state index contributed by atoms with van der Waals surface area (Å²) in [6, 6.07) is 15.3. The molecule has 4 nitrogen and oxygen atoms in total. The van der Waals surface area contributed by atoms with Gasteiger partial charge < -0.3 is 9.32 Å². The molecule has 0 aliphatic heterocycles. The van der Waals surface area contributed by atoms with E-state index in [4.69, 9.17) is 27.6 Å². The third-order valence-electron chi connectivity index (χ3n) is 4.02. The molecule has 0 spiro atoms. The average Bonchev–Trinajstić information content (AvgIpc) is 3.06. The normalized spacial score (nSPS) is 13.7. The monoisotopic (exact) mass is 362 g/mol. The first kappa shape index (κ1) is 17.0. The van der Waals surface area contributed by atoms with Crippen LogP contribution in [0.1, 0.15) is 24.4 Å². The van der Waals surface area contributed by atoms with Crippen molar-refractivity contribution in [2.45, 2.75) is 19.5 Å². The quantitative estimate of drug-likeness (QED) is 0.750. The lowest BCUT2D eigenvalue weighted by atomic mass is 10.2. The first-order valence-corrected chi connectivity index (χ1v) is 8.44. The molecular weight excluding hydrogens is 345 g/mol. The van der Waals surface area contributed by atoms with Gasteiger partial charge in [0.15, 0.2) is 6.04 Å². The van der Waals surface area contributed by atoms with Crippen molar-refractivity contribution in [2.75, 3.05) is 7.05 Å². The number of nitrogens with one attached hydrogen (secondary N) is 1. The van der Waals surface area contributed by atoms with Gasteiger partial charge in [0.1, 0.15) is 6.54 Å². The molecule has 0 bridgehead atoms. The molecule has 0 saturated carbocycles. The molecule has 1 heterocycles. The Hall–Kier alpha value is -1.88. The van der Waals surface area contributed by atoms with Gasteiger partial charge in [-0.1, -0.05) is 41.4 Å². The molecule has 1 unspecified atom stereocenters. The standard InChI is InChI=1S/C18H17Cl2N3O/c1-12(23(2)11-13-6-8-15(19)9-7-13)17-21-22-18(24-17)14-4-3-5-16(20)10-14/h3-10,12H,11H2,1-2H3/p+1/t12-/m0/s1. The Bertz CT molecular complexity index is 817. The highest BCUT2D eigenvalue weighted by atomic mass is 35.5. The van der Waals surface area contributed by atoms with Crippen LogP contribution in [0, 0.1) is 0 Å². The molecule has 124 valence electrons. The molecule has 1 aromatic heterocycles. The van der Waals surface area contributed by atoms with Crippen LogP contribution in [0.2, 0.25) is 10.0 Å². The second-order valence-electron chi connectivity index (χ2n) is 5.83. The smallest absolute Gasteiger partial charge is 0.274 e. The lowest BCUT2D eigenvalue weighted by Crippen LogP contribution is -3.07. The summed E-state index contributed by atoms with van der Waals surface area (Å²) >= 11 is 11.9. The summed E-state index contributed by atoms with van der Waals surface area (Å²) in [5.74, 6) is 1.09. The third kappa shape index (κ3) is 3.96. The van der Waals surface area contributed by atoms with E-state index in [1.165, 1.54) is 10.5 Å². The number of hydrogen-bond acceptors (Lipinski definition) is 3. The van der Waals surface area contributed by atoms with Crippen molar-refractivity contribution < 1.29 is 9.32 Å². The summed E-state index contributed by atoms with van der Waals surface area (Å²) in [6.07, 6.45) is 0. The zero-order valence-electron chi connectivity index (χ0n) is 13.5. The van der Waals surface area contributed by atoms with Crippen molar-refractivity contribution >= 4 is 23.2 Å². The van der Waals surface area contributed by atoms with Crippen LogP contribution in [-0.2, 0) is 6.54 Å². The number of benzene rings is 2. The van der Waals surface area contributed by atoms with Crippen molar-refractivity contribution in [3.63, 3.8) is 0 Å². The minimum atomic E-state index is 0.0705. The van der Waals surface area contributed by atoms with Crippen molar-refractivity contribution in [3.05, 3.63) is 70.0 Å². The van der Waals surface area contributed by atoms with Crippen LogP contribution in [0.15, 0.2) is 52.9 Å². The maximum absolute atomic E-state index is 6.01. The minimum absolute atomic E-state index is 0.0705. The molecule has 1 N–H and O–H groups in total. The molecule has 3 rings (SSSR count). The largest absolute Gasteiger partial charge is 0.415 e. The van der Waals surface area contributed by atoms with E-state index in [2.05, 4.69) is 24.2 Å². The van der Waals surface area contributed by atoms with Crippen molar-refractivity contribution in [3.8, 4) is 11.5 Å². The summed E-state index contributed by atoms with van der Waals surface area (Å²) in [7, 11) is 2.10. The van der Waals surface area contributed by atoms with Gasteiger partial charge in [-0.3, -0.25) is 0 Å². The molecule has 0 amide bonds. The van der Waals surface area contributed by atoms with E-state index >= 15 is 0 Å². The highest BCUT2D eigenvalue weighted by Gasteiger charge is 2.22. The van der Waals surface area contributed by atoms with E-state index in [9.17, 15) is 0 Å². The maximum Gasteiger partial charge on any atom is 0.274 e. The van der Waals surface area contributed by atoms with Gasteiger partial charge >= 0.3 is 0 Å². The van der Waals surface area contributed by atoms with Gasteiger partial charge in [0.2, 0.25) is 5.89 Å². The van der Waals surface area contributed by atoms with E-state index in [1.807, 2.05) is 48.5 Å². The summed E-state index contributed by atoms with van der Waals surface area (Å²) < 4.78 is 5.84. The van der Waals surface area contributed by atoms with E-state index in [0.29, 0.717) is 16.8 Å². The zero-order valence-corrected chi connectivity index (χ0v) is 15.0. The van der Waals surface area contributed by atoms with Gasteiger partial charge in [0, 0.05) is 21.2 Å². The number of hydrogen-bond donors (Lipinski definition) is 1. The van der Waals surface area contributed by atoms with Crippen LogP contribution in [0.4, 0.5) is 0 Å². The molecular formula is C18H18Cl2N3O+. The number of nitrogens with zero attached hydrogens (tertiary/aromatic N) is 2. The van der Waals surface area contributed by atoms with Crippen LogP contribution in [0.5, 0.6) is 0 Å². The van der Waals surface area contributed by atoms with Crippen molar-refractivity contribution in [2.24, 2.45) is 0 Å². The molecule has 6 heteroatoms. The highest BCUT2D eigenvalue weighted by Crippen LogP contribution is 2.22. The van der Waals surface area contributed by atoms with E-state index in [-0.39, 0.29) is 6.04 Å². The molecule has 0 aliphatic carbocycles. The second kappa shape index (κ2) is 7.34. The van der Waals surface area contributed by atoms with Gasteiger partial charge in [0.25, 0.3) is 5.89 Å². The molecule has 0 fully saturated rings. The van der Waals surface area contributed by atoms with Crippen molar-refractivity contribution in [1.29, 1.82) is 0 Å². The van der Waals surface area contributed by atoms with E-state index in [0.717, 1.165) is 17.1 Å². The Morgan fingerprint density at radius 1 is 1.04 bits per heavy atom. The topological polar surface area (TPSA) is 43.4 Å². The van der Waals surface area contributed by atoms with Gasteiger partial charge in [-0.15, -0.1) is 10.2 Å². The molecule has 0 radical (unpaired) electrons. The fourth-order valence-electron chi connectivity index (χ4n) is 2.44. The average molecular weight is 363 g/mol. The first-order valence-electron chi connectivity index (χ1n) is 7.69. The van der Waals surface area contributed by atoms with Crippen molar-refractivity contribution in [1.82, 2.24) is 10.2 Å². The van der Waals surface area contributed by atoms with Crippen LogP contribution in [0.3, 0.4) is 0 Å². The van der Waals surface area contributed by atoms with Crippen LogP contribution in [-0.4, -0.2) is 17.2 Å². The fraction of sp³-hybridized carbons (Fsp3) is 0.222. The Labute approximate surface area is 151 Å². The number of rotatable bonds is 5. The first-order chi connectivity index (χ1) is 11.5. The predicted octanol–water partition coefficient (Wildman–Crippen LogP) is 3.82. The second-order valence-corrected chi connectivity index (χ2v) is 6.70. The Balaban J connectivity index is 1.73. The molecule has 3 aromatic rings. The van der Waals surface area contributed by atoms with E-state index in [1.54, 1.807) is 0 Å². The third-order valence-corrected chi connectivity index (χ3v) is 4.51. The molecule has 0 aliphatic rings. The number of aromatic nitrogens is 2. The summed E-state index contributed by atoms with van der Waals surface area (Å²) in [5, 5.41) is 9.73. The lowest BCUT2D eigenvalue weighted by molar-refractivity contribution is -0.925. The summed E-state index contributed by atoms with van der Waals surface area (Å²) in [4.78, 5) is 1.25. The number of quaternary nitrogens is 1. The van der Waals surface area contributed by atoms with E-state index < -0.39 is 0 Å². The molecule has 2 aromatic carbocycles. The fourth-order valence-corrected chi connectivity index (χ4v) is 2.75. The highest BCUT2D eigenvalue weighted by molar-refractivity contribution is 6.31. The summed E-state index contributed by atoms with van der Waals surface area (Å²) in [5.41, 5.74) is 2.03. The zero-order chi connectivity index (χ0) is 17.1. The SMILES string of the molecule is C[C@@H](c1nnc(-c2cccc(Cl)c2)o1)[NH+](C)Cc1ccc(Cl)cc1. The minimum Gasteiger partial charge on any atom is -0.415 e. The van der Waals surface area contributed by atoms with Gasteiger partial charge in [-0.05, 0) is 37.3 Å². The lowest BCUT2D eigenvalue weighted by Gasteiger charge is -2.18. The molecule has 24 heavy (non-hydrogen) atoms. The Morgan fingerprint density at radius 3 is 2.50 bits per heavy atom. The number of halogens is 2. The molecule has 0 saturated heterocycles. The molecule has 2 atom stereocenters. The summed E-state index contributed by atoms with van der Waals surface area (Å²) in [6.45, 7) is 2.91. The Morgan fingerprint density at radius 2 is 1.79 bits per heavy atom. The van der Waals surface area contributed by atoms with Gasteiger partial charge in [-0.25, -0.2) is 0 Å². The predicted molar refractivity (Wildman–Crippen MR) is 95.2 cm³/mol. The van der Waals surface area contributed by atoms with Crippen LogP contribution in [0.25, 0.3) is 11.5 Å². The maximum atomic E-state index is 6.01.